The zero-order chi connectivity index (χ0) is 97.0. The molecule has 0 N–H and O–H groups in total. The van der Waals surface area contributed by atoms with E-state index in [1.165, 1.54) is 139 Å². The highest BCUT2D eigenvalue weighted by Gasteiger charge is 2.27. The van der Waals surface area contributed by atoms with Gasteiger partial charge in [-0.1, -0.05) is 377 Å². The maximum Gasteiger partial charge on any atom is 0.119 e. The molecule has 0 spiro atoms. The molecule has 0 fully saturated rings. The monoisotopic (exact) mass is 1970 g/mol. The fourth-order valence-corrected chi connectivity index (χ4v) is 30.7. The number of pyridine rings is 2. The lowest BCUT2D eigenvalue weighted by Crippen LogP contribution is -2.08. The third kappa shape index (κ3) is 17.8. The molecule has 141 heavy (non-hydrogen) atoms. The Morgan fingerprint density at radius 2 is 0.553 bits per heavy atom. The van der Waals surface area contributed by atoms with Gasteiger partial charge in [-0.05, 0) is 262 Å². The van der Waals surface area contributed by atoms with Crippen LogP contribution in [0.4, 0.5) is 0 Å². The van der Waals surface area contributed by atoms with Crippen LogP contribution in [-0.4, -0.2) is 82.9 Å². The van der Waals surface area contributed by atoms with Gasteiger partial charge < -0.3 is 18.3 Å². The second kappa shape index (κ2) is 37.1. The summed E-state index contributed by atoms with van der Waals surface area (Å²) in [6, 6.07) is 146. The van der Waals surface area contributed by atoms with Crippen molar-refractivity contribution in [1.82, 2.24) is 9.97 Å². The van der Waals surface area contributed by atoms with Gasteiger partial charge in [0.05, 0.1) is 36.1 Å². The summed E-state index contributed by atoms with van der Waals surface area (Å²) in [6.07, 6.45) is 4.60. The quantitative estimate of drug-likeness (QED) is 0.0769. The van der Waals surface area contributed by atoms with Gasteiger partial charge in [-0.25, -0.2) is 9.97 Å². The van der Waals surface area contributed by atoms with E-state index < -0.39 is 35.5 Å². The van der Waals surface area contributed by atoms with Crippen LogP contribution in [0.15, 0.2) is 418 Å². The third-order valence-electron chi connectivity index (χ3n) is 27.2. The number of fused-ring (bicyclic) bond motifs is 20. The molecule has 0 bridgehead atoms. The second-order valence-corrected chi connectivity index (χ2v) is 58.7. The number of rotatable bonds is 10. The summed E-state index contributed by atoms with van der Waals surface area (Å²) in [7, 11) is -9.33. The number of nitrogens with zero attached hydrogens (tertiary/aromatic N) is 2. The Kier molecular flexibility index (Phi) is 24.3. The summed E-state index contributed by atoms with van der Waals surface area (Å²) >= 11 is 5.29. The van der Waals surface area contributed by atoms with E-state index in [0.29, 0.717) is 0 Å². The standard InChI is InChI=1S/C33H24NOP.C29H22NOP.C29H25P.C26H21OP.C10H9OPS3/c1-36(2,35)26-16-13-23-15-18-29-31(25-12-11-21-7-3-4-9-24(21)19-25)28-17-14-22-8-5-6-10-27(22)32(28)34-33(29)30(23)20-26;1-32(2,31)23-15-13-20-14-16-25-28(22-12-11-19-7-3-4-8-21(19)17-22)24-9-5-6-10-27(24)30-29(25)26(20)18-23;1-30(2,3)29-26-15-9-7-13-24(26)28(25-14-8-10-16-27(25)29)23-19-17-22(18-20-23)21-11-5-4-6-12-21;1-28(2,27)26-23-13-7-5-11-21(23)25(22-12-6-8-14-24(22)26)20-16-15-18-9-3-4-10-19(18)17-20;1-12(2,11)8-5-7-10(15-8)9-6(14-7)3-4-13-9/h3-20H,1-2H3;3-18H,1-2H3;4-20H,1H2,2-3H3;3-17H,1-2H3;3-5H,1-2H3. The smallest absolute Gasteiger partial charge is 0.119 e. The van der Waals surface area contributed by atoms with Gasteiger partial charge in [-0.3, -0.25) is 0 Å². The summed E-state index contributed by atoms with van der Waals surface area (Å²) in [6.45, 7) is 17.9. The Hall–Kier alpha value is -13.6. The van der Waals surface area contributed by atoms with Crippen LogP contribution in [0.3, 0.4) is 0 Å². The molecule has 0 unspecified atom stereocenters. The highest BCUT2D eigenvalue weighted by molar-refractivity contribution is 7.80. The summed E-state index contributed by atoms with van der Waals surface area (Å²) in [5, 5.41) is 34.7. The van der Waals surface area contributed by atoms with Gasteiger partial charge >= 0.3 is 0 Å². The van der Waals surface area contributed by atoms with Gasteiger partial charge in [-0.2, -0.15) is 0 Å². The number of hydrogen-bond donors (Lipinski definition) is 0. The topological polar surface area (TPSA) is 94.1 Å². The molecule has 5 aromatic heterocycles. The van der Waals surface area contributed by atoms with Crippen LogP contribution in [0.5, 0.6) is 0 Å². The minimum absolute atomic E-state index is 0.884. The maximum absolute atomic E-state index is 13.3. The van der Waals surface area contributed by atoms with Crippen molar-refractivity contribution in [3.05, 3.63) is 418 Å². The first-order valence-electron chi connectivity index (χ1n) is 47.3. The van der Waals surface area contributed by atoms with E-state index in [1.54, 1.807) is 34.0 Å². The largest absolute Gasteiger partial charge is 0.319 e. The van der Waals surface area contributed by atoms with E-state index in [0.717, 1.165) is 113 Å². The number of thiophene rings is 3. The highest BCUT2D eigenvalue weighted by Crippen LogP contribution is 2.52. The first-order chi connectivity index (χ1) is 68.1. The van der Waals surface area contributed by atoms with Crippen molar-refractivity contribution >= 4 is 272 Å². The molecule has 686 valence electrons. The average molecular weight is 1970 g/mol. The second-order valence-electron chi connectivity index (χ2n) is 38.7. The van der Waals surface area contributed by atoms with E-state index >= 15 is 0 Å². The molecule has 0 aliphatic rings. The van der Waals surface area contributed by atoms with Gasteiger partial charge in [0.1, 0.15) is 28.6 Å². The number of benzene rings is 21. The molecule has 26 rings (SSSR count). The lowest BCUT2D eigenvalue weighted by Gasteiger charge is -2.22. The Labute approximate surface area is 833 Å². The first-order valence-corrected chi connectivity index (χ1v) is 63.1. The molecular formula is C127H101N2O4P5S3. The molecule has 5 heterocycles. The lowest BCUT2D eigenvalue weighted by atomic mass is 9.91. The van der Waals surface area contributed by atoms with Crippen LogP contribution in [-0.2, 0) is 18.3 Å². The molecule has 0 atom stereocenters. The van der Waals surface area contributed by atoms with E-state index in [-0.39, 0.29) is 0 Å². The van der Waals surface area contributed by atoms with Crippen LogP contribution >= 0.6 is 69.5 Å². The van der Waals surface area contributed by atoms with Crippen molar-refractivity contribution in [3.8, 4) is 55.6 Å². The fraction of sp³-hybridized carbons (Fsp3) is 0.0787. The van der Waals surface area contributed by atoms with Gasteiger partial charge in [0.2, 0.25) is 0 Å². The zero-order valence-corrected chi connectivity index (χ0v) is 87.0. The van der Waals surface area contributed by atoms with Crippen molar-refractivity contribution in [3.63, 3.8) is 0 Å². The minimum Gasteiger partial charge on any atom is -0.319 e. The Morgan fingerprint density at radius 3 is 1.00 bits per heavy atom. The first kappa shape index (κ1) is 92.4. The molecule has 6 nitrogen and oxygen atoms in total. The SMILES string of the molecule is C=P(C)(C)c1c2ccccc2c(-c2ccc(-c3ccccc3)cc2)c2ccccc12.CP(C)(=O)c1c2ccccc2c(-c2ccc3ccccc3c2)c2ccccc12.CP(C)(=O)c1cc2sc3ccsc3c2s1.CP(C)(=O)c1ccc2ccc3c(-c4ccc5ccccc5c4)c4ccc5ccccc5c4nc3c2c1.CP(C)(=O)c1ccc2ccc3c(-c4ccc5ccccc5c4)c4ccccc4nc3c2c1. The molecule has 14 heteroatoms. The molecule has 21 aromatic carbocycles. The third-order valence-corrected chi connectivity index (χ3v) is 39.6. The van der Waals surface area contributed by atoms with E-state index in [2.05, 4.69) is 407 Å². The van der Waals surface area contributed by atoms with Gasteiger partial charge in [-0.15, -0.1) is 34.0 Å². The summed E-state index contributed by atoms with van der Waals surface area (Å²) in [4.78, 5) is 10.4. The summed E-state index contributed by atoms with van der Waals surface area (Å²) in [5.41, 5.74) is 16.1. The molecule has 0 amide bonds. The lowest BCUT2D eigenvalue weighted by molar-refractivity contribution is 0.587. The molecule has 0 radical (unpaired) electrons. The van der Waals surface area contributed by atoms with Crippen LogP contribution in [0.25, 0.3) is 226 Å². The van der Waals surface area contributed by atoms with Crippen LogP contribution in [0.2, 0.25) is 0 Å². The molecule has 26 aromatic rings. The number of hydrogen-bond acceptors (Lipinski definition) is 9. The predicted octanol–water partition coefficient (Wildman–Crippen LogP) is 35.5. The number of aromatic nitrogens is 2. The molecule has 0 saturated carbocycles. The van der Waals surface area contributed by atoms with Crippen molar-refractivity contribution in [2.75, 3.05) is 66.6 Å². The van der Waals surface area contributed by atoms with Gasteiger partial charge in [0.15, 0.2) is 0 Å². The fourth-order valence-electron chi connectivity index (χ4n) is 20.5. The van der Waals surface area contributed by atoms with Crippen LogP contribution < -0.4 is 25.8 Å². The van der Waals surface area contributed by atoms with Crippen molar-refractivity contribution < 1.29 is 18.3 Å². The van der Waals surface area contributed by atoms with Crippen molar-refractivity contribution in [2.24, 2.45) is 0 Å². The zero-order valence-electron chi connectivity index (χ0n) is 80.0. The van der Waals surface area contributed by atoms with E-state index in [1.807, 2.05) is 83.7 Å². The Balaban J connectivity index is 0.000000103. The van der Waals surface area contributed by atoms with Crippen molar-refractivity contribution in [2.45, 2.75) is 0 Å². The minimum atomic E-state index is -2.46. The molecular weight excluding hydrogens is 1870 g/mol. The maximum atomic E-state index is 13.3. The normalized spacial score (nSPS) is 12.2. The van der Waals surface area contributed by atoms with E-state index in [9.17, 15) is 18.3 Å². The molecule has 0 saturated heterocycles. The highest BCUT2D eigenvalue weighted by atomic mass is 32.1. The average Bonchev–Trinajstić information content (AvgIpc) is 1.61. The Morgan fingerprint density at radius 1 is 0.220 bits per heavy atom. The predicted molar refractivity (Wildman–Crippen MR) is 631 cm³/mol. The molecule has 0 aliphatic heterocycles. The van der Waals surface area contributed by atoms with Gasteiger partial charge in [0.25, 0.3) is 0 Å². The Bertz CT molecular complexity index is 9730. The van der Waals surface area contributed by atoms with Crippen molar-refractivity contribution in [1.29, 1.82) is 0 Å². The van der Waals surface area contributed by atoms with Crippen LogP contribution in [0, 0.1) is 0 Å². The summed E-state index contributed by atoms with van der Waals surface area (Å²) in [5.74, 6) is 0. The van der Waals surface area contributed by atoms with E-state index in [4.69, 9.17) is 9.97 Å². The van der Waals surface area contributed by atoms with Gasteiger partial charge in [0, 0.05) is 74.1 Å². The summed E-state index contributed by atoms with van der Waals surface area (Å²) < 4.78 is 57.4. The van der Waals surface area contributed by atoms with Crippen LogP contribution in [0.1, 0.15) is 0 Å². The molecule has 0 aliphatic carbocycles. The number of para-hydroxylation sites is 1.